The SMILES string of the molecule is CC(C)OCCCNC(=O)Cn1cc(CCC(=O)O)nn1. The zero-order valence-corrected chi connectivity index (χ0v) is 12.4. The lowest BCUT2D eigenvalue weighted by molar-refractivity contribution is -0.137. The maximum Gasteiger partial charge on any atom is 0.303 e. The molecule has 0 aromatic carbocycles. The fraction of sp³-hybridized carbons (Fsp3) is 0.692. The van der Waals surface area contributed by atoms with Crippen LogP contribution in [0.1, 0.15) is 32.4 Å². The van der Waals surface area contributed by atoms with Crippen molar-refractivity contribution in [3.05, 3.63) is 11.9 Å². The quantitative estimate of drug-likeness (QED) is 0.599. The molecule has 0 aliphatic heterocycles. The number of hydrogen-bond acceptors (Lipinski definition) is 5. The van der Waals surface area contributed by atoms with Crippen molar-refractivity contribution in [2.24, 2.45) is 0 Å². The Morgan fingerprint density at radius 3 is 2.90 bits per heavy atom. The summed E-state index contributed by atoms with van der Waals surface area (Å²) < 4.78 is 6.76. The van der Waals surface area contributed by atoms with Gasteiger partial charge in [0.05, 0.1) is 18.2 Å². The van der Waals surface area contributed by atoms with E-state index in [2.05, 4.69) is 15.6 Å². The first-order valence-corrected chi connectivity index (χ1v) is 6.96. The normalized spacial score (nSPS) is 10.8. The molecule has 1 amide bonds. The molecule has 0 aliphatic carbocycles. The summed E-state index contributed by atoms with van der Waals surface area (Å²) in [5.74, 6) is -1.04. The van der Waals surface area contributed by atoms with E-state index in [1.807, 2.05) is 13.8 Å². The highest BCUT2D eigenvalue weighted by Gasteiger charge is 2.07. The summed E-state index contributed by atoms with van der Waals surface area (Å²) in [7, 11) is 0. The Labute approximate surface area is 123 Å². The second kappa shape index (κ2) is 9.06. The predicted octanol–water partition coefficient (Wildman–Crippen LogP) is 0.227. The first kappa shape index (κ1) is 17.1. The van der Waals surface area contributed by atoms with Gasteiger partial charge in [0.25, 0.3) is 0 Å². The van der Waals surface area contributed by atoms with E-state index >= 15 is 0 Å². The fourth-order valence-electron chi connectivity index (χ4n) is 1.59. The number of nitrogens with zero attached hydrogens (tertiary/aromatic N) is 3. The van der Waals surface area contributed by atoms with Gasteiger partial charge < -0.3 is 15.2 Å². The Morgan fingerprint density at radius 2 is 2.24 bits per heavy atom. The maximum absolute atomic E-state index is 11.7. The van der Waals surface area contributed by atoms with Crippen LogP contribution in [0, 0.1) is 0 Å². The zero-order valence-electron chi connectivity index (χ0n) is 12.4. The smallest absolute Gasteiger partial charge is 0.303 e. The molecule has 8 heteroatoms. The molecular weight excluding hydrogens is 276 g/mol. The van der Waals surface area contributed by atoms with E-state index in [0.29, 0.717) is 25.3 Å². The topological polar surface area (TPSA) is 106 Å². The average molecular weight is 298 g/mol. The van der Waals surface area contributed by atoms with Crippen molar-refractivity contribution in [3.63, 3.8) is 0 Å². The third-order valence-electron chi connectivity index (χ3n) is 2.58. The number of carboxylic acid groups (broad SMARTS) is 1. The van der Waals surface area contributed by atoms with Gasteiger partial charge >= 0.3 is 5.97 Å². The minimum atomic E-state index is -0.883. The molecule has 0 bridgehead atoms. The van der Waals surface area contributed by atoms with Crippen molar-refractivity contribution in [1.82, 2.24) is 20.3 Å². The van der Waals surface area contributed by atoms with Crippen LogP contribution in [-0.2, 0) is 27.3 Å². The molecule has 0 aliphatic rings. The molecule has 2 N–H and O–H groups in total. The van der Waals surface area contributed by atoms with Gasteiger partial charge in [0.15, 0.2) is 0 Å². The summed E-state index contributed by atoms with van der Waals surface area (Å²) in [5.41, 5.74) is 0.565. The molecule has 0 fully saturated rings. The fourth-order valence-corrected chi connectivity index (χ4v) is 1.59. The van der Waals surface area contributed by atoms with Gasteiger partial charge in [-0.2, -0.15) is 0 Å². The Balaban J connectivity index is 2.20. The molecule has 1 rings (SSSR count). The largest absolute Gasteiger partial charge is 0.481 e. The molecule has 0 unspecified atom stereocenters. The molecule has 21 heavy (non-hydrogen) atoms. The van der Waals surface area contributed by atoms with Gasteiger partial charge in [0.2, 0.25) is 5.91 Å². The van der Waals surface area contributed by atoms with E-state index < -0.39 is 5.97 Å². The average Bonchev–Trinajstić information content (AvgIpc) is 2.83. The molecule has 1 aromatic heterocycles. The molecule has 1 aromatic rings. The van der Waals surface area contributed by atoms with Crippen LogP contribution in [0.5, 0.6) is 0 Å². The number of carbonyl (C=O) groups is 2. The number of rotatable bonds is 10. The zero-order chi connectivity index (χ0) is 15.7. The monoisotopic (exact) mass is 298 g/mol. The predicted molar refractivity (Wildman–Crippen MR) is 74.7 cm³/mol. The Morgan fingerprint density at radius 1 is 1.48 bits per heavy atom. The van der Waals surface area contributed by atoms with Crippen molar-refractivity contribution in [1.29, 1.82) is 0 Å². The van der Waals surface area contributed by atoms with Crippen LogP contribution >= 0.6 is 0 Å². The number of aryl methyl sites for hydroxylation is 1. The summed E-state index contributed by atoms with van der Waals surface area (Å²) in [6.07, 6.45) is 2.85. The van der Waals surface area contributed by atoms with Crippen molar-refractivity contribution in [2.75, 3.05) is 13.2 Å². The van der Waals surface area contributed by atoms with Gasteiger partial charge in [-0.05, 0) is 20.3 Å². The summed E-state index contributed by atoms with van der Waals surface area (Å²) in [6.45, 7) is 5.16. The second-order valence-corrected chi connectivity index (χ2v) is 4.92. The van der Waals surface area contributed by atoms with Gasteiger partial charge in [-0.15, -0.1) is 5.10 Å². The molecule has 0 saturated heterocycles. The summed E-state index contributed by atoms with van der Waals surface area (Å²) in [4.78, 5) is 22.1. The molecule has 118 valence electrons. The number of carbonyl (C=O) groups excluding carboxylic acids is 1. The summed E-state index contributed by atoms with van der Waals surface area (Å²) in [6, 6.07) is 0. The van der Waals surface area contributed by atoms with Crippen LogP contribution in [0.4, 0.5) is 0 Å². The van der Waals surface area contributed by atoms with E-state index in [4.69, 9.17) is 9.84 Å². The van der Waals surface area contributed by atoms with Gasteiger partial charge in [-0.1, -0.05) is 5.21 Å². The Hall–Kier alpha value is -1.96. The molecule has 0 spiro atoms. The van der Waals surface area contributed by atoms with Gasteiger partial charge in [0.1, 0.15) is 6.54 Å². The minimum absolute atomic E-state index is 0.000735. The number of amides is 1. The van der Waals surface area contributed by atoms with E-state index in [1.165, 1.54) is 4.68 Å². The number of aliphatic carboxylic acids is 1. The first-order chi connectivity index (χ1) is 9.97. The number of nitrogens with one attached hydrogen (secondary N) is 1. The molecule has 0 atom stereocenters. The molecule has 1 heterocycles. The van der Waals surface area contributed by atoms with Crippen LogP contribution in [0.15, 0.2) is 6.20 Å². The highest BCUT2D eigenvalue weighted by Crippen LogP contribution is 1.98. The van der Waals surface area contributed by atoms with Crippen LogP contribution in [0.2, 0.25) is 0 Å². The Kier molecular flexibility index (Phi) is 7.38. The van der Waals surface area contributed by atoms with E-state index in [9.17, 15) is 9.59 Å². The summed E-state index contributed by atoms with van der Waals surface area (Å²) in [5, 5.41) is 18.9. The highest BCUT2D eigenvalue weighted by atomic mass is 16.5. The number of carboxylic acids is 1. The third kappa shape index (κ3) is 8.03. The van der Waals surface area contributed by atoms with Gasteiger partial charge in [0, 0.05) is 25.8 Å². The lowest BCUT2D eigenvalue weighted by Gasteiger charge is -2.08. The number of hydrogen-bond donors (Lipinski definition) is 2. The molecule has 0 saturated carbocycles. The van der Waals surface area contributed by atoms with Crippen LogP contribution < -0.4 is 5.32 Å². The van der Waals surface area contributed by atoms with Crippen LogP contribution in [0.3, 0.4) is 0 Å². The van der Waals surface area contributed by atoms with Crippen LogP contribution in [-0.4, -0.2) is 51.2 Å². The Bertz CT molecular complexity index is 459. The van der Waals surface area contributed by atoms with E-state index in [1.54, 1.807) is 6.20 Å². The standard InChI is InChI=1S/C13H22N4O4/c1-10(2)21-7-3-6-14-12(18)9-17-8-11(15-16-17)4-5-13(19)20/h8,10H,3-7,9H2,1-2H3,(H,14,18)(H,19,20). The first-order valence-electron chi connectivity index (χ1n) is 6.96. The molecular formula is C13H22N4O4. The number of aromatic nitrogens is 3. The van der Waals surface area contributed by atoms with Crippen molar-refractivity contribution in [2.45, 2.75) is 45.8 Å². The molecule has 0 radical (unpaired) electrons. The third-order valence-corrected chi connectivity index (χ3v) is 2.58. The summed E-state index contributed by atoms with van der Waals surface area (Å²) >= 11 is 0. The van der Waals surface area contributed by atoms with E-state index in [0.717, 1.165) is 6.42 Å². The minimum Gasteiger partial charge on any atom is -0.481 e. The lowest BCUT2D eigenvalue weighted by atomic mass is 10.2. The van der Waals surface area contributed by atoms with Crippen LogP contribution in [0.25, 0.3) is 0 Å². The van der Waals surface area contributed by atoms with Crippen molar-refractivity contribution >= 4 is 11.9 Å². The van der Waals surface area contributed by atoms with Crippen molar-refractivity contribution < 1.29 is 19.4 Å². The van der Waals surface area contributed by atoms with Crippen molar-refractivity contribution in [3.8, 4) is 0 Å². The van der Waals surface area contributed by atoms with Gasteiger partial charge in [-0.25, -0.2) is 4.68 Å². The molecule has 8 nitrogen and oxygen atoms in total. The van der Waals surface area contributed by atoms with Gasteiger partial charge in [-0.3, -0.25) is 9.59 Å². The second-order valence-electron chi connectivity index (χ2n) is 4.92. The number of ether oxygens (including phenoxy) is 1. The highest BCUT2D eigenvalue weighted by molar-refractivity contribution is 5.75. The van der Waals surface area contributed by atoms with E-state index in [-0.39, 0.29) is 25.0 Å². The lowest BCUT2D eigenvalue weighted by Crippen LogP contribution is -2.29. The maximum atomic E-state index is 11.7.